The van der Waals surface area contributed by atoms with Gasteiger partial charge in [-0.25, -0.2) is 0 Å². The zero-order valence-corrected chi connectivity index (χ0v) is 14.8. The average molecular weight is 336 g/mol. The highest BCUT2D eigenvalue weighted by Gasteiger charge is 2.24. The van der Waals surface area contributed by atoms with Crippen molar-refractivity contribution in [1.82, 2.24) is 9.88 Å². The first-order chi connectivity index (χ1) is 12.1. The molecule has 0 saturated carbocycles. The van der Waals surface area contributed by atoms with Gasteiger partial charge in [0.15, 0.2) is 0 Å². The number of benzene rings is 1. The molecule has 5 nitrogen and oxygen atoms in total. The summed E-state index contributed by atoms with van der Waals surface area (Å²) in [5.41, 5.74) is 2.03. The lowest BCUT2D eigenvalue weighted by atomic mass is 10.1. The van der Waals surface area contributed by atoms with Crippen LogP contribution in [0.2, 0.25) is 0 Å². The molecule has 5 heteroatoms. The van der Waals surface area contributed by atoms with Crippen LogP contribution in [0.4, 0.5) is 5.69 Å². The number of rotatable bonds is 8. The van der Waals surface area contributed by atoms with E-state index in [9.17, 15) is 4.79 Å². The molecule has 25 heavy (non-hydrogen) atoms. The molecule has 1 aromatic carbocycles. The zero-order valence-electron chi connectivity index (χ0n) is 14.8. The highest BCUT2D eigenvalue weighted by atomic mass is 16.2. The van der Waals surface area contributed by atoms with Crippen LogP contribution in [0.25, 0.3) is 0 Å². The van der Waals surface area contributed by atoms with Crippen molar-refractivity contribution >= 4 is 11.6 Å². The van der Waals surface area contributed by atoms with E-state index in [0.717, 1.165) is 18.7 Å². The summed E-state index contributed by atoms with van der Waals surface area (Å²) >= 11 is 0. The van der Waals surface area contributed by atoms with Gasteiger partial charge in [0.2, 0.25) is 5.91 Å². The van der Waals surface area contributed by atoms with Crippen molar-refractivity contribution in [2.45, 2.75) is 25.8 Å². The number of carbonyl (C=O) groups excluding carboxylic acids is 1. The molecule has 2 rings (SSSR count). The highest BCUT2D eigenvalue weighted by molar-refractivity contribution is 5.96. The predicted molar refractivity (Wildman–Crippen MR) is 99.1 cm³/mol. The van der Waals surface area contributed by atoms with E-state index in [0.29, 0.717) is 13.0 Å². The number of nitriles is 1. The van der Waals surface area contributed by atoms with Crippen LogP contribution >= 0.6 is 0 Å². The third kappa shape index (κ3) is 5.40. The summed E-state index contributed by atoms with van der Waals surface area (Å²) in [4.78, 5) is 20.7. The molecule has 0 saturated heterocycles. The highest BCUT2D eigenvalue weighted by Crippen LogP contribution is 2.16. The molecule has 0 radical (unpaired) electrons. The molecule has 0 N–H and O–H groups in total. The molecule has 0 bridgehead atoms. The van der Waals surface area contributed by atoms with Gasteiger partial charge in [0, 0.05) is 31.2 Å². The lowest BCUT2D eigenvalue weighted by Crippen LogP contribution is -2.46. The van der Waals surface area contributed by atoms with Gasteiger partial charge in [-0.15, -0.1) is 0 Å². The van der Waals surface area contributed by atoms with Crippen LogP contribution in [0.5, 0.6) is 0 Å². The molecule has 0 aliphatic carbocycles. The molecule has 1 heterocycles. The number of hydrogen-bond donors (Lipinski definition) is 0. The smallest absolute Gasteiger partial charge is 0.244 e. The van der Waals surface area contributed by atoms with Gasteiger partial charge in [-0.3, -0.25) is 14.7 Å². The summed E-state index contributed by atoms with van der Waals surface area (Å²) in [6, 6.07) is 15.4. The van der Waals surface area contributed by atoms with Crippen molar-refractivity contribution in [3.63, 3.8) is 0 Å². The maximum absolute atomic E-state index is 13.0. The lowest BCUT2D eigenvalue weighted by molar-refractivity contribution is -0.122. The van der Waals surface area contributed by atoms with Crippen LogP contribution in [-0.4, -0.2) is 42.0 Å². The molecule has 0 spiro atoms. The van der Waals surface area contributed by atoms with E-state index in [2.05, 4.69) is 11.1 Å². The molecular weight excluding hydrogens is 312 g/mol. The number of pyridine rings is 1. The van der Waals surface area contributed by atoms with E-state index in [4.69, 9.17) is 5.26 Å². The number of amides is 1. The SMILES string of the molecule is C[C@@H](C(=O)N(CCC#N)c1ccccc1)N(C)CCc1ccncc1. The maximum atomic E-state index is 13.0. The standard InChI is InChI=1S/C20H24N4O/c1-17(23(2)16-11-18-9-13-22-14-10-18)20(25)24(15-6-12-21)19-7-4-3-5-8-19/h3-5,7-10,13-14,17H,6,11,15-16H2,1-2H3/t17-/m0/s1. The first-order valence-corrected chi connectivity index (χ1v) is 8.46. The predicted octanol–water partition coefficient (Wildman–Crippen LogP) is 2.89. The number of anilines is 1. The fourth-order valence-corrected chi connectivity index (χ4v) is 2.60. The van der Waals surface area contributed by atoms with E-state index in [1.54, 1.807) is 17.3 Å². The van der Waals surface area contributed by atoms with Crippen LogP contribution in [-0.2, 0) is 11.2 Å². The van der Waals surface area contributed by atoms with Gasteiger partial charge in [-0.2, -0.15) is 5.26 Å². The topological polar surface area (TPSA) is 60.2 Å². The first kappa shape index (κ1) is 18.6. The fourth-order valence-electron chi connectivity index (χ4n) is 2.60. The number of likely N-dealkylation sites (N-methyl/N-ethyl adjacent to an activating group) is 1. The average Bonchev–Trinajstić information content (AvgIpc) is 2.67. The maximum Gasteiger partial charge on any atom is 0.244 e. The Kier molecular flexibility index (Phi) is 7.12. The number of para-hydroxylation sites is 1. The van der Waals surface area contributed by atoms with Crippen molar-refractivity contribution in [1.29, 1.82) is 5.26 Å². The van der Waals surface area contributed by atoms with Crippen LogP contribution in [0.3, 0.4) is 0 Å². The van der Waals surface area contributed by atoms with E-state index >= 15 is 0 Å². The van der Waals surface area contributed by atoms with Gasteiger partial charge >= 0.3 is 0 Å². The normalized spacial score (nSPS) is 11.8. The number of carbonyl (C=O) groups is 1. The van der Waals surface area contributed by atoms with Gasteiger partial charge < -0.3 is 4.90 Å². The van der Waals surface area contributed by atoms with Crippen molar-refractivity contribution in [2.75, 3.05) is 25.0 Å². The molecule has 2 aromatic rings. The third-order valence-electron chi connectivity index (χ3n) is 4.30. The minimum atomic E-state index is -0.263. The molecule has 0 aliphatic rings. The Bertz CT molecular complexity index is 697. The Balaban J connectivity index is 2.02. The molecule has 0 unspecified atom stereocenters. The van der Waals surface area contributed by atoms with E-state index in [1.165, 1.54) is 5.56 Å². The van der Waals surface area contributed by atoms with Gasteiger partial charge in [0.05, 0.1) is 18.5 Å². The largest absolute Gasteiger partial charge is 0.310 e. The van der Waals surface area contributed by atoms with Gasteiger partial charge in [0.25, 0.3) is 0 Å². The second-order valence-electron chi connectivity index (χ2n) is 6.00. The molecule has 1 amide bonds. The Morgan fingerprint density at radius 3 is 2.48 bits per heavy atom. The van der Waals surface area contributed by atoms with Crippen molar-refractivity contribution in [3.8, 4) is 6.07 Å². The van der Waals surface area contributed by atoms with Gasteiger partial charge in [-0.05, 0) is 50.2 Å². The Morgan fingerprint density at radius 1 is 1.16 bits per heavy atom. The van der Waals surface area contributed by atoms with Crippen molar-refractivity contribution < 1.29 is 4.79 Å². The van der Waals surface area contributed by atoms with Gasteiger partial charge in [0.1, 0.15) is 0 Å². The summed E-state index contributed by atoms with van der Waals surface area (Å²) < 4.78 is 0. The zero-order chi connectivity index (χ0) is 18.1. The minimum absolute atomic E-state index is 0.0127. The Hall–Kier alpha value is -2.71. The summed E-state index contributed by atoms with van der Waals surface area (Å²) in [6.45, 7) is 3.09. The third-order valence-corrected chi connectivity index (χ3v) is 4.30. The monoisotopic (exact) mass is 336 g/mol. The van der Waals surface area contributed by atoms with E-state index in [-0.39, 0.29) is 11.9 Å². The minimum Gasteiger partial charge on any atom is -0.310 e. The molecule has 0 aliphatic heterocycles. The first-order valence-electron chi connectivity index (χ1n) is 8.46. The van der Waals surface area contributed by atoms with E-state index in [1.807, 2.05) is 61.3 Å². The van der Waals surface area contributed by atoms with Crippen molar-refractivity contribution in [2.24, 2.45) is 0 Å². The molecule has 1 atom stereocenters. The Morgan fingerprint density at radius 2 is 1.84 bits per heavy atom. The van der Waals surface area contributed by atoms with Crippen LogP contribution in [0, 0.1) is 11.3 Å². The van der Waals surface area contributed by atoms with Crippen LogP contribution in [0.15, 0.2) is 54.9 Å². The second kappa shape index (κ2) is 9.55. The molecule has 1 aromatic heterocycles. The number of nitrogens with zero attached hydrogens (tertiary/aromatic N) is 4. The van der Waals surface area contributed by atoms with Crippen molar-refractivity contribution in [3.05, 3.63) is 60.4 Å². The van der Waals surface area contributed by atoms with Gasteiger partial charge in [-0.1, -0.05) is 18.2 Å². The van der Waals surface area contributed by atoms with E-state index < -0.39 is 0 Å². The molecule has 0 fully saturated rings. The quantitative estimate of drug-likeness (QED) is 0.744. The Labute approximate surface area is 149 Å². The molecule has 130 valence electrons. The van der Waals surface area contributed by atoms with Crippen LogP contribution < -0.4 is 4.90 Å². The summed E-state index contributed by atoms with van der Waals surface area (Å²) in [5.74, 6) is 0.0127. The second-order valence-corrected chi connectivity index (χ2v) is 6.00. The number of hydrogen-bond acceptors (Lipinski definition) is 4. The fraction of sp³-hybridized carbons (Fsp3) is 0.350. The summed E-state index contributed by atoms with van der Waals surface area (Å²) in [5, 5.41) is 8.90. The van der Waals surface area contributed by atoms with Crippen LogP contribution in [0.1, 0.15) is 18.9 Å². The summed E-state index contributed by atoms with van der Waals surface area (Å²) in [6.07, 6.45) is 4.74. The summed E-state index contributed by atoms with van der Waals surface area (Å²) in [7, 11) is 1.96. The molecular formula is C20H24N4O. The lowest BCUT2D eigenvalue weighted by Gasteiger charge is -2.30. The number of aromatic nitrogens is 1.